The van der Waals surface area contributed by atoms with Gasteiger partial charge in [-0.2, -0.15) is 0 Å². The molecule has 0 bridgehead atoms. The summed E-state index contributed by atoms with van der Waals surface area (Å²) in [5, 5.41) is 0. The van der Waals surface area contributed by atoms with Crippen LogP contribution < -0.4 is 4.72 Å². The van der Waals surface area contributed by atoms with Crippen molar-refractivity contribution < 1.29 is 13.2 Å². The molecule has 0 radical (unpaired) electrons. The SMILES string of the molecule is CC(=O)N1CCc2ccc(NS(=O)(=O)c3cccnc3)cc2C1. The summed E-state index contributed by atoms with van der Waals surface area (Å²) in [7, 11) is -3.66. The maximum absolute atomic E-state index is 12.3. The first-order chi connectivity index (χ1) is 11.0. The third-order valence-corrected chi connectivity index (χ3v) is 5.23. The van der Waals surface area contributed by atoms with Crippen LogP contribution in [0.4, 0.5) is 5.69 Å². The molecule has 7 heteroatoms. The van der Waals surface area contributed by atoms with E-state index < -0.39 is 10.0 Å². The van der Waals surface area contributed by atoms with Crippen LogP contribution in [-0.2, 0) is 27.8 Å². The van der Waals surface area contributed by atoms with E-state index in [-0.39, 0.29) is 10.8 Å². The van der Waals surface area contributed by atoms with Crippen molar-refractivity contribution in [1.29, 1.82) is 0 Å². The van der Waals surface area contributed by atoms with E-state index in [0.717, 1.165) is 17.5 Å². The lowest BCUT2D eigenvalue weighted by atomic mass is 9.99. The van der Waals surface area contributed by atoms with Gasteiger partial charge in [-0.05, 0) is 41.8 Å². The van der Waals surface area contributed by atoms with Gasteiger partial charge >= 0.3 is 0 Å². The first-order valence-corrected chi connectivity index (χ1v) is 8.74. The van der Waals surface area contributed by atoms with E-state index in [1.165, 1.54) is 18.5 Å². The van der Waals surface area contributed by atoms with Gasteiger partial charge in [0, 0.05) is 38.1 Å². The lowest BCUT2D eigenvalue weighted by molar-refractivity contribution is -0.129. The van der Waals surface area contributed by atoms with Gasteiger partial charge in [0.15, 0.2) is 0 Å². The van der Waals surface area contributed by atoms with E-state index in [2.05, 4.69) is 9.71 Å². The first kappa shape index (κ1) is 15.5. The number of anilines is 1. The fourth-order valence-electron chi connectivity index (χ4n) is 2.61. The Morgan fingerprint density at radius 1 is 1.26 bits per heavy atom. The van der Waals surface area contributed by atoms with Gasteiger partial charge in [-0.1, -0.05) is 6.07 Å². The van der Waals surface area contributed by atoms with Crippen LogP contribution in [0.2, 0.25) is 0 Å². The Morgan fingerprint density at radius 3 is 2.78 bits per heavy atom. The molecule has 1 aromatic heterocycles. The van der Waals surface area contributed by atoms with E-state index >= 15 is 0 Å². The number of rotatable bonds is 3. The number of amides is 1. The molecule has 3 rings (SSSR count). The summed E-state index contributed by atoms with van der Waals surface area (Å²) >= 11 is 0. The molecule has 120 valence electrons. The number of benzene rings is 1. The van der Waals surface area contributed by atoms with Crippen LogP contribution in [0.1, 0.15) is 18.1 Å². The molecule has 0 atom stereocenters. The fraction of sp³-hybridized carbons (Fsp3) is 0.250. The van der Waals surface area contributed by atoms with Crippen molar-refractivity contribution in [1.82, 2.24) is 9.88 Å². The molecule has 0 spiro atoms. The number of sulfonamides is 1. The van der Waals surface area contributed by atoms with Crippen molar-refractivity contribution in [2.75, 3.05) is 11.3 Å². The zero-order valence-corrected chi connectivity index (χ0v) is 13.5. The van der Waals surface area contributed by atoms with Gasteiger partial charge < -0.3 is 4.90 Å². The molecule has 1 amide bonds. The number of hydrogen-bond donors (Lipinski definition) is 1. The van der Waals surface area contributed by atoms with E-state index in [9.17, 15) is 13.2 Å². The first-order valence-electron chi connectivity index (χ1n) is 7.26. The molecule has 2 heterocycles. The Labute approximate surface area is 135 Å². The molecule has 23 heavy (non-hydrogen) atoms. The fourth-order valence-corrected chi connectivity index (χ4v) is 3.62. The largest absolute Gasteiger partial charge is 0.338 e. The second-order valence-corrected chi connectivity index (χ2v) is 7.15. The van der Waals surface area contributed by atoms with E-state index in [1.54, 1.807) is 30.0 Å². The molecule has 1 aliphatic heterocycles. The number of hydrogen-bond acceptors (Lipinski definition) is 4. The average Bonchev–Trinajstić information content (AvgIpc) is 2.54. The van der Waals surface area contributed by atoms with Crippen molar-refractivity contribution in [3.05, 3.63) is 53.9 Å². The Balaban J connectivity index is 1.85. The molecule has 1 aliphatic rings. The number of carbonyl (C=O) groups excluding carboxylic acids is 1. The lowest BCUT2D eigenvalue weighted by Crippen LogP contribution is -2.34. The van der Waals surface area contributed by atoms with Gasteiger partial charge in [0.25, 0.3) is 10.0 Å². The molecular weight excluding hydrogens is 314 g/mol. The minimum absolute atomic E-state index is 0.0250. The second-order valence-electron chi connectivity index (χ2n) is 5.47. The van der Waals surface area contributed by atoms with Crippen molar-refractivity contribution in [2.24, 2.45) is 0 Å². The zero-order chi connectivity index (χ0) is 16.4. The third-order valence-electron chi connectivity index (χ3n) is 3.86. The van der Waals surface area contributed by atoms with Gasteiger partial charge in [0.2, 0.25) is 5.91 Å². The predicted molar refractivity (Wildman–Crippen MR) is 86.3 cm³/mol. The van der Waals surface area contributed by atoms with Gasteiger partial charge in [-0.25, -0.2) is 8.42 Å². The summed E-state index contributed by atoms with van der Waals surface area (Å²) < 4.78 is 27.2. The Kier molecular flexibility index (Phi) is 4.04. The molecule has 0 fully saturated rings. The van der Waals surface area contributed by atoms with Crippen LogP contribution in [0.25, 0.3) is 0 Å². The number of nitrogens with zero attached hydrogens (tertiary/aromatic N) is 2. The molecule has 2 aromatic rings. The zero-order valence-electron chi connectivity index (χ0n) is 12.7. The monoisotopic (exact) mass is 331 g/mol. The Morgan fingerprint density at radius 2 is 2.09 bits per heavy atom. The van der Waals surface area contributed by atoms with Gasteiger partial charge in [-0.3, -0.25) is 14.5 Å². The minimum Gasteiger partial charge on any atom is -0.338 e. The smallest absolute Gasteiger partial charge is 0.263 e. The van der Waals surface area contributed by atoms with Gasteiger partial charge in [-0.15, -0.1) is 0 Å². The quantitative estimate of drug-likeness (QED) is 0.930. The summed E-state index contributed by atoms with van der Waals surface area (Å²) in [6.45, 7) is 2.75. The van der Waals surface area contributed by atoms with Crippen molar-refractivity contribution in [2.45, 2.75) is 24.8 Å². The summed E-state index contributed by atoms with van der Waals surface area (Å²) in [6, 6.07) is 8.51. The molecule has 0 aliphatic carbocycles. The highest BCUT2D eigenvalue weighted by molar-refractivity contribution is 7.92. The average molecular weight is 331 g/mol. The molecule has 0 saturated carbocycles. The van der Waals surface area contributed by atoms with E-state index in [1.807, 2.05) is 6.07 Å². The van der Waals surface area contributed by atoms with Crippen LogP contribution in [0.15, 0.2) is 47.6 Å². The summed E-state index contributed by atoms with van der Waals surface area (Å²) in [5.74, 6) is 0.0250. The van der Waals surface area contributed by atoms with Crippen molar-refractivity contribution in [3.63, 3.8) is 0 Å². The minimum atomic E-state index is -3.66. The molecule has 1 aromatic carbocycles. The van der Waals surface area contributed by atoms with Crippen LogP contribution in [-0.4, -0.2) is 30.8 Å². The molecule has 0 saturated heterocycles. The highest BCUT2D eigenvalue weighted by Crippen LogP contribution is 2.24. The predicted octanol–water partition coefficient (Wildman–Crippen LogP) is 1.79. The van der Waals surface area contributed by atoms with Crippen molar-refractivity contribution in [3.8, 4) is 0 Å². The standard InChI is InChI=1S/C16H17N3O3S/c1-12(20)19-8-6-13-4-5-15(9-14(13)11-19)18-23(21,22)16-3-2-7-17-10-16/h2-5,7,9-10,18H,6,8,11H2,1H3. The lowest BCUT2D eigenvalue weighted by Gasteiger charge is -2.28. The Hall–Kier alpha value is -2.41. The van der Waals surface area contributed by atoms with Gasteiger partial charge in [0.1, 0.15) is 4.90 Å². The number of fused-ring (bicyclic) bond motifs is 1. The normalized spacial score (nSPS) is 14.2. The highest BCUT2D eigenvalue weighted by atomic mass is 32.2. The maximum Gasteiger partial charge on any atom is 0.263 e. The van der Waals surface area contributed by atoms with Gasteiger partial charge in [0.05, 0.1) is 0 Å². The van der Waals surface area contributed by atoms with E-state index in [4.69, 9.17) is 0 Å². The Bertz CT molecular complexity index is 835. The van der Waals surface area contributed by atoms with Crippen LogP contribution in [0, 0.1) is 0 Å². The summed E-state index contributed by atoms with van der Waals surface area (Å²) in [4.78, 5) is 17.2. The van der Waals surface area contributed by atoms with Crippen molar-refractivity contribution >= 4 is 21.6 Å². The molecule has 0 unspecified atom stereocenters. The topological polar surface area (TPSA) is 79.4 Å². The van der Waals surface area contributed by atoms with E-state index in [0.29, 0.717) is 18.8 Å². The molecule has 6 nitrogen and oxygen atoms in total. The second kappa shape index (κ2) is 6.00. The van der Waals surface area contributed by atoms with Crippen LogP contribution >= 0.6 is 0 Å². The number of aromatic nitrogens is 1. The summed E-state index contributed by atoms with van der Waals surface area (Å²) in [6.07, 6.45) is 3.61. The number of carbonyl (C=O) groups is 1. The van der Waals surface area contributed by atoms with Crippen LogP contribution in [0.5, 0.6) is 0 Å². The maximum atomic E-state index is 12.3. The third kappa shape index (κ3) is 3.34. The highest BCUT2D eigenvalue weighted by Gasteiger charge is 2.20. The molecular formula is C16H17N3O3S. The number of pyridine rings is 1. The number of nitrogens with one attached hydrogen (secondary N) is 1. The molecule has 1 N–H and O–H groups in total. The van der Waals surface area contributed by atoms with Crippen LogP contribution in [0.3, 0.4) is 0 Å². The summed E-state index contributed by atoms with van der Waals surface area (Å²) in [5.41, 5.74) is 2.60.